The Balaban J connectivity index is 1.64. The highest BCUT2D eigenvalue weighted by Gasteiger charge is 2.16. The third-order valence-corrected chi connectivity index (χ3v) is 5.43. The molecule has 1 heterocycles. The second-order valence-corrected chi connectivity index (χ2v) is 7.32. The molecule has 0 radical (unpaired) electrons. The molecule has 2 aromatic carbocycles. The number of aromatic nitrogens is 1. The quantitative estimate of drug-likeness (QED) is 0.633. The molecule has 26 heavy (non-hydrogen) atoms. The monoisotopic (exact) mass is 382 g/mol. The SMILES string of the molecule is O=C(CS[C@H](c1ccccc1)c1ccc(Cl)cc1)NCc1cccnc1. The van der Waals surface area contributed by atoms with Crippen LogP contribution in [0.25, 0.3) is 0 Å². The molecule has 0 unspecified atom stereocenters. The summed E-state index contributed by atoms with van der Waals surface area (Å²) >= 11 is 7.62. The van der Waals surface area contributed by atoms with E-state index in [-0.39, 0.29) is 11.2 Å². The maximum atomic E-state index is 12.3. The molecule has 3 rings (SSSR count). The Kier molecular flexibility index (Phi) is 6.69. The maximum Gasteiger partial charge on any atom is 0.230 e. The Morgan fingerprint density at radius 2 is 1.73 bits per heavy atom. The molecule has 0 fully saturated rings. The van der Waals surface area contributed by atoms with Crippen LogP contribution in [0.3, 0.4) is 0 Å². The number of benzene rings is 2. The van der Waals surface area contributed by atoms with E-state index in [2.05, 4.69) is 22.4 Å². The summed E-state index contributed by atoms with van der Waals surface area (Å²) in [5, 5.41) is 3.73. The van der Waals surface area contributed by atoms with Gasteiger partial charge in [0.2, 0.25) is 5.91 Å². The van der Waals surface area contributed by atoms with Gasteiger partial charge < -0.3 is 5.32 Å². The van der Waals surface area contributed by atoms with Crippen LogP contribution in [0.15, 0.2) is 79.1 Å². The van der Waals surface area contributed by atoms with Crippen LogP contribution in [0.1, 0.15) is 21.9 Å². The molecule has 0 aliphatic heterocycles. The number of hydrogen-bond donors (Lipinski definition) is 1. The van der Waals surface area contributed by atoms with E-state index >= 15 is 0 Å². The third kappa shape index (κ3) is 5.35. The van der Waals surface area contributed by atoms with Crippen LogP contribution < -0.4 is 5.32 Å². The number of carbonyl (C=O) groups is 1. The molecule has 132 valence electrons. The molecular weight excluding hydrogens is 364 g/mol. The smallest absolute Gasteiger partial charge is 0.230 e. The summed E-state index contributed by atoms with van der Waals surface area (Å²) in [5.41, 5.74) is 3.29. The zero-order chi connectivity index (χ0) is 18.2. The van der Waals surface area contributed by atoms with E-state index in [1.807, 2.05) is 54.6 Å². The third-order valence-electron chi connectivity index (χ3n) is 3.87. The second-order valence-electron chi connectivity index (χ2n) is 5.79. The van der Waals surface area contributed by atoms with Crippen molar-refractivity contribution in [3.63, 3.8) is 0 Å². The number of nitrogens with zero attached hydrogens (tertiary/aromatic N) is 1. The Morgan fingerprint density at radius 3 is 2.42 bits per heavy atom. The van der Waals surface area contributed by atoms with E-state index in [1.165, 1.54) is 5.56 Å². The van der Waals surface area contributed by atoms with E-state index in [0.29, 0.717) is 17.3 Å². The lowest BCUT2D eigenvalue weighted by Crippen LogP contribution is -2.25. The van der Waals surface area contributed by atoms with Crippen LogP contribution in [-0.4, -0.2) is 16.6 Å². The summed E-state index contributed by atoms with van der Waals surface area (Å²) in [5.74, 6) is 0.386. The number of carbonyl (C=O) groups excluding carboxylic acids is 1. The van der Waals surface area contributed by atoms with E-state index in [0.717, 1.165) is 11.1 Å². The van der Waals surface area contributed by atoms with Crippen LogP contribution >= 0.6 is 23.4 Å². The zero-order valence-corrected chi connectivity index (χ0v) is 15.7. The maximum absolute atomic E-state index is 12.3. The lowest BCUT2D eigenvalue weighted by atomic mass is 10.0. The standard InChI is InChI=1S/C21H19ClN2OS/c22-19-10-8-18(9-11-19)21(17-6-2-1-3-7-17)26-15-20(25)24-14-16-5-4-12-23-13-16/h1-13,21H,14-15H2,(H,24,25)/t21-/m1/s1. The van der Waals surface area contributed by atoms with Gasteiger partial charge in [-0.15, -0.1) is 11.8 Å². The van der Waals surface area contributed by atoms with Gasteiger partial charge in [-0.25, -0.2) is 0 Å². The molecule has 5 heteroatoms. The Hall–Kier alpha value is -2.30. The van der Waals surface area contributed by atoms with Gasteiger partial charge in [-0.1, -0.05) is 60.1 Å². The van der Waals surface area contributed by atoms with E-state index in [1.54, 1.807) is 24.2 Å². The van der Waals surface area contributed by atoms with Crippen LogP contribution in [0.2, 0.25) is 5.02 Å². The largest absolute Gasteiger partial charge is 0.351 e. The molecule has 1 N–H and O–H groups in total. The van der Waals surface area contributed by atoms with Gasteiger partial charge in [-0.3, -0.25) is 9.78 Å². The molecule has 0 aliphatic rings. The fraction of sp³-hybridized carbons (Fsp3) is 0.143. The topological polar surface area (TPSA) is 42.0 Å². The average molecular weight is 383 g/mol. The molecule has 0 bridgehead atoms. The van der Waals surface area contributed by atoms with E-state index in [4.69, 9.17) is 11.6 Å². The van der Waals surface area contributed by atoms with Gasteiger partial charge in [-0.2, -0.15) is 0 Å². The number of halogens is 1. The van der Waals surface area contributed by atoms with Gasteiger partial charge in [0.15, 0.2) is 0 Å². The first-order valence-corrected chi connectivity index (χ1v) is 9.72. The molecule has 1 aromatic heterocycles. The number of amides is 1. The van der Waals surface area contributed by atoms with Gasteiger partial charge in [0.05, 0.1) is 11.0 Å². The lowest BCUT2D eigenvalue weighted by molar-refractivity contribution is -0.118. The predicted molar refractivity (Wildman–Crippen MR) is 108 cm³/mol. The second kappa shape index (κ2) is 9.41. The van der Waals surface area contributed by atoms with Crippen LogP contribution in [0, 0.1) is 0 Å². The molecule has 1 amide bonds. The summed E-state index contributed by atoms with van der Waals surface area (Å²) in [7, 11) is 0. The highest BCUT2D eigenvalue weighted by molar-refractivity contribution is 8.00. The molecule has 0 saturated heterocycles. The highest BCUT2D eigenvalue weighted by Crippen LogP contribution is 2.35. The fourth-order valence-electron chi connectivity index (χ4n) is 2.56. The minimum Gasteiger partial charge on any atom is -0.351 e. The summed E-state index contributed by atoms with van der Waals surface area (Å²) in [6, 6.07) is 21.8. The van der Waals surface area contributed by atoms with Crippen LogP contribution in [0.4, 0.5) is 0 Å². The molecule has 1 atom stereocenters. The molecular formula is C21H19ClN2OS. The van der Waals surface area contributed by atoms with Gasteiger partial charge >= 0.3 is 0 Å². The summed E-state index contributed by atoms with van der Waals surface area (Å²) in [6.07, 6.45) is 3.48. The van der Waals surface area contributed by atoms with Crippen LogP contribution in [-0.2, 0) is 11.3 Å². The lowest BCUT2D eigenvalue weighted by Gasteiger charge is -2.18. The van der Waals surface area contributed by atoms with Crippen molar-refractivity contribution in [3.8, 4) is 0 Å². The van der Waals surface area contributed by atoms with Crippen molar-refractivity contribution in [2.24, 2.45) is 0 Å². The van der Waals surface area contributed by atoms with Gasteiger partial charge in [-0.05, 0) is 34.9 Å². The highest BCUT2D eigenvalue weighted by atomic mass is 35.5. The van der Waals surface area contributed by atoms with Crippen molar-refractivity contribution < 1.29 is 4.79 Å². The Morgan fingerprint density at radius 1 is 1.00 bits per heavy atom. The number of nitrogens with one attached hydrogen (secondary N) is 1. The van der Waals surface area contributed by atoms with Gasteiger partial charge in [0.25, 0.3) is 0 Å². The summed E-state index contributed by atoms with van der Waals surface area (Å²) < 4.78 is 0. The van der Waals surface area contributed by atoms with Crippen molar-refractivity contribution in [1.82, 2.24) is 10.3 Å². The fourth-order valence-corrected chi connectivity index (χ4v) is 3.81. The van der Waals surface area contributed by atoms with Gasteiger partial charge in [0.1, 0.15) is 0 Å². The van der Waals surface area contributed by atoms with E-state index < -0.39 is 0 Å². The Labute approximate surface area is 162 Å². The zero-order valence-electron chi connectivity index (χ0n) is 14.1. The van der Waals surface area contributed by atoms with Crippen molar-refractivity contribution in [3.05, 3.63) is 101 Å². The first-order valence-electron chi connectivity index (χ1n) is 8.30. The minimum absolute atomic E-state index is 0.00810. The first-order chi connectivity index (χ1) is 12.7. The van der Waals surface area contributed by atoms with Crippen LogP contribution in [0.5, 0.6) is 0 Å². The normalized spacial score (nSPS) is 11.7. The number of hydrogen-bond acceptors (Lipinski definition) is 3. The molecule has 0 spiro atoms. The molecule has 3 nitrogen and oxygen atoms in total. The number of thioether (sulfide) groups is 1. The van der Waals surface area contributed by atoms with Crippen molar-refractivity contribution in [2.75, 3.05) is 5.75 Å². The van der Waals surface area contributed by atoms with Crippen molar-refractivity contribution in [2.45, 2.75) is 11.8 Å². The molecule has 3 aromatic rings. The minimum atomic E-state index is 0.00810. The summed E-state index contributed by atoms with van der Waals surface area (Å²) in [6.45, 7) is 0.490. The number of pyridine rings is 1. The van der Waals surface area contributed by atoms with E-state index in [9.17, 15) is 4.79 Å². The van der Waals surface area contributed by atoms with Crippen molar-refractivity contribution >= 4 is 29.3 Å². The number of rotatable bonds is 7. The average Bonchev–Trinajstić information content (AvgIpc) is 2.69. The molecule has 0 saturated carbocycles. The first kappa shape index (κ1) is 18.5. The predicted octanol–water partition coefficient (Wildman–Crippen LogP) is 4.87. The van der Waals surface area contributed by atoms with Crippen molar-refractivity contribution in [1.29, 1.82) is 0 Å². The molecule has 0 aliphatic carbocycles. The summed E-state index contributed by atoms with van der Waals surface area (Å²) in [4.78, 5) is 16.3. The van der Waals surface area contributed by atoms with Gasteiger partial charge in [0, 0.05) is 24.0 Å². The Bertz CT molecular complexity index is 826.